The molecular formula is C17H22N2O4S. The molecule has 130 valence electrons. The van der Waals surface area contributed by atoms with Crippen LogP contribution in [0.25, 0.3) is 0 Å². The van der Waals surface area contributed by atoms with Crippen molar-refractivity contribution in [2.75, 3.05) is 14.1 Å². The number of benzene rings is 1. The van der Waals surface area contributed by atoms with Crippen LogP contribution in [0.1, 0.15) is 36.0 Å². The Bertz CT molecular complexity index is 773. The number of carbonyl (C=O) groups excluding carboxylic acids is 2. The van der Waals surface area contributed by atoms with Gasteiger partial charge in [0.15, 0.2) is 0 Å². The molecule has 2 fully saturated rings. The normalized spacial score (nSPS) is 25.5. The fourth-order valence-corrected chi connectivity index (χ4v) is 4.51. The predicted octanol–water partition coefficient (Wildman–Crippen LogP) is 1.63. The first-order valence-corrected chi connectivity index (χ1v) is 9.64. The van der Waals surface area contributed by atoms with Gasteiger partial charge in [0.25, 0.3) is 15.9 Å². The highest BCUT2D eigenvalue weighted by atomic mass is 32.2. The van der Waals surface area contributed by atoms with Crippen molar-refractivity contribution in [3.63, 3.8) is 0 Å². The molecule has 24 heavy (non-hydrogen) atoms. The van der Waals surface area contributed by atoms with Crippen LogP contribution in [0.2, 0.25) is 0 Å². The lowest BCUT2D eigenvalue weighted by Crippen LogP contribution is -2.37. The Morgan fingerprint density at radius 3 is 2.54 bits per heavy atom. The van der Waals surface area contributed by atoms with E-state index in [0.717, 1.165) is 25.2 Å². The van der Waals surface area contributed by atoms with E-state index in [-0.39, 0.29) is 22.3 Å². The molecule has 6 nitrogen and oxygen atoms in total. The van der Waals surface area contributed by atoms with Crippen molar-refractivity contribution >= 4 is 21.8 Å². The van der Waals surface area contributed by atoms with Gasteiger partial charge >= 0.3 is 0 Å². The second kappa shape index (κ2) is 6.20. The lowest BCUT2D eigenvalue weighted by atomic mass is 9.89. The van der Waals surface area contributed by atoms with Crippen molar-refractivity contribution < 1.29 is 18.0 Å². The Labute approximate surface area is 142 Å². The lowest BCUT2D eigenvalue weighted by molar-refractivity contribution is -0.124. The minimum Gasteiger partial charge on any atom is -0.345 e. The summed E-state index contributed by atoms with van der Waals surface area (Å²) in [6.07, 6.45) is 3.72. The van der Waals surface area contributed by atoms with Crippen LogP contribution < -0.4 is 4.72 Å². The van der Waals surface area contributed by atoms with Crippen molar-refractivity contribution in [1.82, 2.24) is 9.62 Å². The summed E-state index contributed by atoms with van der Waals surface area (Å²) >= 11 is 0. The van der Waals surface area contributed by atoms with E-state index in [1.54, 1.807) is 20.2 Å². The molecule has 3 unspecified atom stereocenters. The monoisotopic (exact) mass is 350 g/mol. The van der Waals surface area contributed by atoms with E-state index in [0.29, 0.717) is 5.92 Å². The van der Waals surface area contributed by atoms with Gasteiger partial charge in [-0.2, -0.15) is 0 Å². The zero-order chi connectivity index (χ0) is 17.5. The number of carbonyl (C=O) groups is 2. The number of sulfonamides is 1. The van der Waals surface area contributed by atoms with Crippen molar-refractivity contribution in [3.8, 4) is 0 Å². The van der Waals surface area contributed by atoms with Crippen molar-refractivity contribution in [2.24, 2.45) is 17.8 Å². The number of nitrogens with zero attached hydrogens (tertiary/aromatic N) is 1. The number of hydrogen-bond donors (Lipinski definition) is 1. The molecule has 2 amide bonds. The third-order valence-corrected chi connectivity index (χ3v) is 6.29. The second-order valence-corrected chi connectivity index (χ2v) is 8.65. The number of nitrogens with one attached hydrogen (secondary N) is 1. The first-order valence-electron chi connectivity index (χ1n) is 8.16. The van der Waals surface area contributed by atoms with Crippen molar-refractivity contribution in [2.45, 2.75) is 30.6 Å². The highest BCUT2D eigenvalue weighted by Gasteiger charge is 2.44. The van der Waals surface area contributed by atoms with Crippen LogP contribution in [-0.2, 0) is 14.8 Å². The molecule has 1 aromatic carbocycles. The van der Waals surface area contributed by atoms with Gasteiger partial charge in [0.1, 0.15) is 0 Å². The summed E-state index contributed by atoms with van der Waals surface area (Å²) in [7, 11) is -0.771. The van der Waals surface area contributed by atoms with Crippen LogP contribution in [0.15, 0.2) is 29.2 Å². The van der Waals surface area contributed by atoms with Gasteiger partial charge < -0.3 is 4.90 Å². The van der Waals surface area contributed by atoms with Crippen molar-refractivity contribution in [3.05, 3.63) is 29.8 Å². The van der Waals surface area contributed by atoms with Crippen molar-refractivity contribution in [1.29, 1.82) is 0 Å². The molecule has 0 aliphatic heterocycles. The Balaban J connectivity index is 1.74. The van der Waals surface area contributed by atoms with E-state index in [2.05, 4.69) is 4.72 Å². The fourth-order valence-electron chi connectivity index (χ4n) is 3.42. The average molecular weight is 350 g/mol. The zero-order valence-corrected chi connectivity index (χ0v) is 14.7. The summed E-state index contributed by atoms with van der Waals surface area (Å²) in [6, 6.07) is 5.75. The van der Waals surface area contributed by atoms with Gasteiger partial charge in [-0.15, -0.1) is 0 Å². The van der Waals surface area contributed by atoms with Crippen LogP contribution in [0.4, 0.5) is 0 Å². The van der Waals surface area contributed by atoms with E-state index >= 15 is 0 Å². The smallest absolute Gasteiger partial charge is 0.264 e. The molecule has 0 radical (unpaired) electrons. The maximum atomic E-state index is 12.5. The van der Waals surface area contributed by atoms with E-state index < -0.39 is 15.9 Å². The molecular weight excluding hydrogens is 328 g/mol. The van der Waals surface area contributed by atoms with Crippen LogP contribution >= 0.6 is 0 Å². The molecule has 2 aliphatic rings. The summed E-state index contributed by atoms with van der Waals surface area (Å²) in [5.74, 6) is 0.405. The number of hydrogen-bond acceptors (Lipinski definition) is 4. The SMILES string of the molecule is CN(C)C(=O)c1cccc(S(=O)(=O)NC(=O)C2CCC3CC3C2)c1. The van der Waals surface area contributed by atoms with E-state index in [9.17, 15) is 18.0 Å². The summed E-state index contributed by atoms with van der Waals surface area (Å²) < 4.78 is 27.1. The average Bonchev–Trinajstić information content (AvgIpc) is 3.32. The molecule has 2 aliphatic carbocycles. The third-order valence-electron chi connectivity index (χ3n) is 4.95. The first-order chi connectivity index (χ1) is 11.3. The summed E-state index contributed by atoms with van der Waals surface area (Å²) in [5, 5.41) is 0. The summed E-state index contributed by atoms with van der Waals surface area (Å²) in [6.45, 7) is 0. The van der Waals surface area contributed by atoms with Gasteiger partial charge in [-0.3, -0.25) is 9.59 Å². The van der Waals surface area contributed by atoms with Gasteiger partial charge in [0, 0.05) is 25.6 Å². The Kier molecular flexibility index (Phi) is 4.38. The zero-order valence-electron chi connectivity index (χ0n) is 13.9. The van der Waals surface area contributed by atoms with Crippen LogP contribution in [0.3, 0.4) is 0 Å². The maximum absolute atomic E-state index is 12.5. The third kappa shape index (κ3) is 3.45. The largest absolute Gasteiger partial charge is 0.345 e. The van der Waals surface area contributed by atoms with Crippen LogP contribution in [0.5, 0.6) is 0 Å². The molecule has 3 atom stereocenters. The molecule has 1 N–H and O–H groups in total. The van der Waals surface area contributed by atoms with Crippen LogP contribution in [0, 0.1) is 17.8 Å². The fraction of sp³-hybridized carbons (Fsp3) is 0.529. The Morgan fingerprint density at radius 2 is 1.88 bits per heavy atom. The standard InChI is InChI=1S/C17H22N2O4S/c1-19(2)17(21)13-4-3-5-15(10-13)24(22,23)18-16(20)12-7-6-11-8-14(11)9-12/h3-5,10-12,14H,6-9H2,1-2H3,(H,18,20). The predicted molar refractivity (Wildman–Crippen MR) is 88.7 cm³/mol. The number of amides is 2. The molecule has 0 aromatic heterocycles. The molecule has 0 saturated heterocycles. The van der Waals surface area contributed by atoms with Gasteiger partial charge in [0.2, 0.25) is 5.91 Å². The molecule has 0 heterocycles. The minimum atomic E-state index is -3.96. The van der Waals surface area contributed by atoms with E-state index in [4.69, 9.17) is 0 Å². The molecule has 0 spiro atoms. The van der Waals surface area contributed by atoms with E-state index in [1.807, 2.05) is 0 Å². The van der Waals surface area contributed by atoms with Gasteiger partial charge in [0.05, 0.1) is 4.90 Å². The van der Waals surface area contributed by atoms with Gasteiger partial charge in [-0.25, -0.2) is 13.1 Å². The van der Waals surface area contributed by atoms with E-state index in [1.165, 1.54) is 29.5 Å². The lowest BCUT2D eigenvalue weighted by Gasteiger charge is -2.20. The quantitative estimate of drug-likeness (QED) is 0.894. The Morgan fingerprint density at radius 1 is 1.12 bits per heavy atom. The summed E-state index contributed by atoms with van der Waals surface area (Å²) in [4.78, 5) is 25.6. The Hall–Kier alpha value is -1.89. The van der Waals surface area contributed by atoms with Gasteiger partial charge in [-0.1, -0.05) is 6.07 Å². The molecule has 3 rings (SSSR count). The topological polar surface area (TPSA) is 83.6 Å². The first kappa shape index (κ1) is 17.0. The summed E-state index contributed by atoms with van der Waals surface area (Å²) in [5.41, 5.74) is 0.272. The second-order valence-electron chi connectivity index (χ2n) is 6.96. The molecule has 1 aromatic rings. The highest BCUT2D eigenvalue weighted by Crippen LogP contribution is 2.51. The highest BCUT2D eigenvalue weighted by molar-refractivity contribution is 7.90. The molecule has 0 bridgehead atoms. The number of fused-ring (bicyclic) bond motifs is 1. The maximum Gasteiger partial charge on any atom is 0.264 e. The van der Waals surface area contributed by atoms with Gasteiger partial charge in [-0.05, 0) is 55.7 Å². The molecule has 2 saturated carbocycles. The van der Waals surface area contributed by atoms with Crippen LogP contribution in [-0.4, -0.2) is 39.2 Å². The number of rotatable bonds is 4. The molecule has 7 heteroatoms. The minimum absolute atomic E-state index is 0.0661.